The first kappa shape index (κ1) is 19.1. The molecule has 0 atom stereocenters. The monoisotopic (exact) mass is 400 g/mol. The van der Waals surface area contributed by atoms with Crippen molar-refractivity contribution in [2.24, 2.45) is 0 Å². The fraction of sp³-hybridized carbons (Fsp3) is 0.0435. The van der Waals surface area contributed by atoms with Crippen LogP contribution in [0.3, 0.4) is 0 Å². The molecule has 0 aliphatic heterocycles. The van der Waals surface area contributed by atoms with E-state index >= 15 is 0 Å². The molecule has 7 nitrogen and oxygen atoms in total. The molecule has 7 heteroatoms. The van der Waals surface area contributed by atoms with E-state index < -0.39 is 0 Å². The van der Waals surface area contributed by atoms with Crippen molar-refractivity contribution in [3.63, 3.8) is 0 Å². The maximum atomic E-state index is 12.5. The Kier molecular flexibility index (Phi) is 5.61. The Morgan fingerprint density at radius 2 is 1.47 bits per heavy atom. The fourth-order valence-corrected chi connectivity index (χ4v) is 2.89. The molecular weight excluding hydrogens is 380 g/mol. The number of hydrogen-bond donors (Lipinski definition) is 3. The second kappa shape index (κ2) is 8.83. The van der Waals surface area contributed by atoms with Gasteiger partial charge in [0.2, 0.25) is 0 Å². The number of rotatable bonds is 6. The SMILES string of the molecule is O=C(NCc1ccco1)Nc1ccc(NC(=O)c2ccc(-n3cccc3)cc2)cc1. The highest BCUT2D eigenvalue weighted by atomic mass is 16.3. The van der Waals surface area contributed by atoms with Crippen LogP contribution in [0.25, 0.3) is 5.69 Å². The summed E-state index contributed by atoms with van der Waals surface area (Å²) in [5.41, 5.74) is 2.79. The van der Waals surface area contributed by atoms with E-state index in [9.17, 15) is 9.59 Å². The first-order valence-corrected chi connectivity index (χ1v) is 9.39. The van der Waals surface area contributed by atoms with Crippen molar-refractivity contribution in [1.82, 2.24) is 9.88 Å². The topological polar surface area (TPSA) is 88.3 Å². The summed E-state index contributed by atoms with van der Waals surface area (Å²) in [6.07, 6.45) is 5.45. The smallest absolute Gasteiger partial charge is 0.319 e. The molecule has 4 aromatic rings. The number of amides is 3. The van der Waals surface area contributed by atoms with Gasteiger partial charge in [-0.2, -0.15) is 0 Å². The summed E-state index contributed by atoms with van der Waals surface area (Å²) >= 11 is 0. The highest BCUT2D eigenvalue weighted by molar-refractivity contribution is 6.04. The van der Waals surface area contributed by atoms with Crippen molar-refractivity contribution >= 4 is 23.3 Å². The Labute approximate surface area is 173 Å². The molecule has 2 aromatic heterocycles. The number of benzene rings is 2. The van der Waals surface area contributed by atoms with Gasteiger partial charge in [0.15, 0.2) is 0 Å². The summed E-state index contributed by atoms with van der Waals surface area (Å²) in [5.74, 6) is 0.468. The molecule has 0 saturated heterocycles. The maximum absolute atomic E-state index is 12.5. The van der Waals surface area contributed by atoms with E-state index in [2.05, 4.69) is 16.0 Å². The number of carbonyl (C=O) groups excluding carboxylic acids is 2. The quantitative estimate of drug-likeness (QED) is 0.440. The Bertz CT molecular complexity index is 1100. The lowest BCUT2D eigenvalue weighted by Crippen LogP contribution is -2.27. The van der Waals surface area contributed by atoms with Crippen molar-refractivity contribution in [2.75, 3.05) is 10.6 Å². The van der Waals surface area contributed by atoms with Crippen LogP contribution in [-0.4, -0.2) is 16.5 Å². The standard InChI is InChI=1S/C23H20N4O3/c28-22(17-5-11-20(12-6-17)27-13-1-2-14-27)25-18-7-9-19(10-8-18)26-23(29)24-16-21-4-3-15-30-21/h1-15H,16H2,(H,25,28)(H2,24,26,29). The molecule has 4 rings (SSSR count). The Hall–Kier alpha value is -4.26. The minimum atomic E-state index is -0.342. The number of nitrogens with one attached hydrogen (secondary N) is 3. The van der Waals surface area contributed by atoms with Gasteiger partial charge < -0.3 is 24.9 Å². The molecule has 3 N–H and O–H groups in total. The number of hydrogen-bond acceptors (Lipinski definition) is 3. The van der Waals surface area contributed by atoms with Crippen LogP contribution in [-0.2, 0) is 6.54 Å². The lowest BCUT2D eigenvalue weighted by atomic mass is 10.2. The minimum Gasteiger partial charge on any atom is -0.467 e. The molecule has 0 saturated carbocycles. The van der Waals surface area contributed by atoms with Crippen LogP contribution in [0, 0.1) is 0 Å². The minimum absolute atomic E-state index is 0.203. The molecule has 150 valence electrons. The normalized spacial score (nSPS) is 10.4. The fourth-order valence-electron chi connectivity index (χ4n) is 2.89. The van der Waals surface area contributed by atoms with Crippen LogP contribution in [0.5, 0.6) is 0 Å². The highest BCUT2D eigenvalue weighted by Crippen LogP contribution is 2.16. The summed E-state index contributed by atoms with van der Waals surface area (Å²) in [6, 6.07) is 21.3. The van der Waals surface area contributed by atoms with E-state index in [1.807, 2.05) is 41.2 Å². The van der Waals surface area contributed by atoms with Crippen molar-refractivity contribution in [3.05, 3.63) is 103 Å². The van der Waals surface area contributed by atoms with Gasteiger partial charge >= 0.3 is 6.03 Å². The second-order valence-corrected chi connectivity index (χ2v) is 6.56. The van der Waals surface area contributed by atoms with Crippen molar-refractivity contribution in [2.45, 2.75) is 6.54 Å². The van der Waals surface area contributed by atoms with Crippen LogP contribution >= 0.6 is 0 Å². The van der Waals surface area contributed by atoms with Crippen LogP contribution < -0.4 is 16.0 Å². The van der Waals surface area contributed by atoms with E-state index in [4.69, 9.17) is 4.42 Å². The van der Waals surface area contributed by atoms with Gasteiger partial charge in [-0.05, 0) is 72.8 Å². The summed E-state index contributed by atoms with van der Waals surface area (Å²) in [6.45, 7) is 0.302. The molecule has 0 spiro atoms. The number of furan rings is 1. The van der Waals surface area contributed by atoms with Crippen molar-refractivity contribution in [1.29, 1.82) is 0 Å². The first-order chi connectivity index (χ1) is 14.7. The zero-order valence-corrected chi connectivity index (χ0v) is 16.0. The molecule has 0 unspecified atom stereocenters. The molecular formula is C23H20N4O3. The van der Waals surface area contributed by atoms with Gasteiger partial charge in [0.25, 0.3) is 5.91 Å². The maximum Gasteiger partial charge on any atom is 0.319 e. The zero-order valence-electron chi connectivity index (χ0n) is 16.0. The largest absolute Gasteiger partial charge is 0.467 e. The van der Waals surface area contributed by atoms with E-state index in [0.717, 1.165) is 5.69 Å². The third-order valence-corrected chi connectivity index (χ3v) is 4.44. The van der Waals surface area contributed by atoms with Gasteiger partial charge in [-0.25, -0.2) is 4.79 Å². The molecule has 0 fully saturated rings. The van der Waals surface area contributed by atoms with Gasteiger partial charge in [0.1, 0.15) is 5.76 Å². The molecule has 0 aliphatic rings. The molecule has 0 radical (unpaired) electrons. The van der Waals surface area contributed by atoms with Gasteiger partial charge in [0, 0.05) is 35.0 Å². The predicted molar refractivity (Wildman–Crippen MR) is 115 cm³/mol. The summed E-state index contributed by atoms with van der Waals surface area (Å²) < 4.78 is 7.14. The summed E-state index contributed by atoms with van der Waals surface area (Å²) in [7, 11) is 0. The van der Waals surface area contributed by atoms with Crippen LogP contribution in [0.2, 0.25) is 0 Å². The van der Waals surface area contributed by atoms with Crippen LogP contribution in [0.15, 0.2) is 95.9 Å². The Morgan fingerprint density at radius 3 is 2.10 bits per heavy atom. The van der Waals surface area contributed by atoms with E-state index in [1.165, 1.54) is 0 Å². The lowest BCUT2D eigenvalue weighted by molar-refractivity contribution is 0.102. The second-order valence-electron chi connectivity index (χ2n) is 6.56. The predicted octanol–water partition coefficient (Wildman–Crippen LogP) is 4.64. The average Bonchev–Trinajstić information content (AvgIpc) is 3.48. The van der Waals surface area contributed by atoms with E-state index in [-0.39, 0.29) is 11.9 Å². The van der Waals surface area contributed by atoms with Crippen LogP contribution in [0.4, 0.5) is 16.2 Å². The number of nitrogens with zero attached hydrogens (tertiary/aromatic N) is 1. The molecule has 0 bridgehead atoms. The van der Waals surface area contributed by atoms with Gasteiger partial charge in [-0.3, -0.25) is 4.79 Å². The average molecular weight is 400 g/mol. The molecule has 3 amide bonds. The molecule has 2 heterocycles. The van der Waals surface area contributed by atoms with Crippen molar-refractivity contribution < 1.29 is 14.0 Å². The first-order valence-electron chi connectivity index (χ1n) is 9.39. The number of urea groups is 1. The Balaban J connectivity index is 1.30. The van der Waals surface area contributed by atoms with Crippen LogP contribution in [0.1, 0.15) is 16.1 Å². The van der Waals surface area contributed by atoms with E-state index in [1.54, 1.807) is 54.8 Å². The third-order valence-electron chi connectivity index (χ3n) is 4.44. The molecule has 2 aromatic carbocycles. The third kappa shape index (κ3) is 4.77. The van der Waals surface area contributed by atoms with Gasteiger partial charge in [-0.15, -0.1) is 0 Å². The van der Waals surface area contributed by atoms with Gasteiger partial charge in [-0.1, -0.05) is 0 Å². The lowest BCUT2D eigenvalue weighted by Gasteiger charge is -2.09. The summed E-state index contributed by atoms with van der Waals surface area (Å²) in [4.78, 5) is 24.4. The number of carbonyl (C=O) groups is 2. The number of aromatic nitrogens is 1. The highest BCUT2D eigenvalue weighted by Gasteiger charge is 2.07. The molecule has 30 heavy (non-hydrogen) atoms. The van der Waals surface area contributed by atoms with E-state index in [0.29, 0.717) is 29.2 Å². The summed E-state index contributed by atoms with van der Waals surface area (Å²) in [5, 5.41) is 8.28. The van der Waals surface area contributed by atoms with Gasteiger partial charge in [0.05, 0.1) is 12.8 Å². The zero-order chi connectivity index (χ0) is 20.8. The number of anilines is 2. The van der Waals surface area contributed by atoms with Crippen molar-refractivity contribution in [3.8, 4) is 5.69 Å². The Morgan fingerprint density at radius 1 is 0.800 bits per heavy atom. The molecule has 0 aliphatic carbocycles.